The van der Waals surface area contributed by atoms with Crippen LogP contribution >= 0.6 is 11.6 Å². The van der Waals surface area contributed by atoms with E-state index in [2.05, 4.69) is 0 Å². The zero-order valence-corrected chi connectivity index (χ0v) is 14.3. The summed E-state index contributed by atoms with van der Waals surface area (Å²) in [6, 6.07) is 3.69. The van der Waals surface area contributed by atoms with Gasteiger partial charge < -0.3 is 9.64 Å². The van der Waals surface area contributed by atoms with Crippen LogP contribution in [0.3, 0.4) is 0 Å². The van der Waals surface area contributed by atoms with Crippen LogP contribution in [0.25, 0.3) is 0 Å². The Morgan fingerprint density at radius 2 is 1.96 bits per heavy atom. The van der Waals surface area contributed by atoms with Gasteiger partial charge in [-0.2, -0.15) is 0 Å². The number of ether oxygens (including phenoxy) is 1. The summed E-state index contributed by atoms with van der Waals surface area (Å²) in [5.41, 5.74) is -0.224. The maximum atomic E-state index is 12.3. The van der Waals surface area contributed by atoms with Crippen molar-refractivity contribution < 1.29 is 19.2 Å². The third-order valence-electron chi connectivity index (χ3n) is 4.19. The van der Waals surface area contributed by atoms with Crippen LogP contribution in [-0.4, -0.2) is 40.4 Å². The average molecular weight is 355 g/mol. The summed E-state index contributed by atoms with van der Waals surface area (Å²) in [6.07, 6.45) is 2.93. The molecule has 0 aromatic heterocycles. The number of non-ortho nitro benzene ring substituents is 1. The zero-order chi connectivity index (χ0) is 17.9. The molecule has 1 aliphatic rings. The van der Waals surface area contributed by atoms with Gasteiger partial charge in [0, 0.05) is 24.2 Å². The second-order valence-electron chi connectivity index (χ2n) is 5.93. The number of likely N-dealkylation sites (tertiary alicyclic amines) is 1. The highest BCUT2D eigenvalue weighted by Gasteiger charge is 2.29. The van der Waals surface area contributed by atoms with Gasteiger partial charge in [-0.05, 0) is 39.2 Å². The van der Waals surface area contributed by atoms with E-state index < -0.39 is 10.9 Å². The monoisotopic (exact) mass is 354 g/mol. The maximum Gasteiger partial charge on any atom is 0.340 e. The van der Waals surface area contributed by atoms with Gasteiger partial charge in [0.25, 0.3) is 11.6 Å². The summed E-state index contributed by atoms with van der Waals surface area (Å²) in [4.78, 5) is 36.2. The number of halogens is 1. The topological polar surface area (TPSA) is 89.8 Å². The van der Waals surface area contributed by atoms with Crippen LogP contribution in [0.2, 0.25) is 5.02 Å². The number of rotatable bonds is 4. The van der Waals surface area contributed by atoms with Crippen molar-refractivity contribution in [3.8, 4) is 0 Å². The smallest absolute Gasteiger partial charge is 0.340 e. The normalized spacial score (nSPS) is 20.5. The third-order valence-corrected chi connectivity index (χ3v) is 4.50. The molecular weight excluding hydrogens is 336 g/mol. The van der Waals surface area contributed by atoms with Crippen molar-refractivity contribution >= 4 is 29.2 Å². The van der Waals surface area contributed by atoms with Gasteiger partial charge in [-0.15, -0.1) is 0 Å². The minimum Gasteiger partial charge on any atom is -0.452 e. The van der Waals surface area contributed by atoms with Gasteiger partial charge in [-0.1, -0.05) is 11.6 Å². The molecule has 0 N–H and O–H groups in total. The van der Waals surface area contributed by atoms with E-state index >= 15 is 0 Å². The van der Waals surface area contributed by atoms with Gasteiger partial charge in [0.15, 0.2) is 6.61 Å². The summed E-state index contributed by atoms with van der Waals surface area (Å²) in [7, 11) is 0. The van der Waals surface area contributed by atoms with E-state index in [1.807, 2.05) is 13.8 Å². The van der Waals surface area contributed by atoms with Gasteiger partial charge in [0.2, 0.25) is 0 Å². The van der Waals surface area contributed by atoms with E-state index in [1.54, 1.807) is 4.90 Å². The fourth-order valence-electron chi connectivity index (χ4n) is 2.98. The van der Waals surface area contributed by atoms with E-state index in [-0.39, 0.29) is 40.9 Å². The molecule has 1 aromatic carbocycles. The van der Waals surface area contributed by atoms with Crippen LogP contribution in [0.1, 0.15) is 43.5 Å². The van der Waals surface area contributed by atoms with Crippen LogP contribution in [-0.2, 0) is 9.53 Å². The van der Waals surface area contributed by atoms with Crippen molar-refractivity contribution in [2.24, 2.45) is 0 Å². The first-order chi connectivity index (χ1) is 11.3. The zero-order valence-electron chi connectivity index (χ0n) is 13.5. The molecule has 1 heterocycles. The predicted octanol–water partition coefficient (Wildman–Crippen LogP) is 3.19. The number of carbonyl (C=O) groups excluding carboxylic acids is 2. The molecule has 1 saturated heterocycles. The first-order valence-electron chi connectivity index (χ1n) is 7.73. The van der Waals surface area contributed by atoms with E-state index in [9.17, 15) is 19.7 Å². The summed E-state index contributed by atoms with van der Waals surface area (Å²) in [5, 5.41) is 10.6. The molecule has 1 aliphatic heterocycles. The Kier molecular flexibility index (Phi) is 5.77. The molecule has 0 aliphatic carbocycles. The van der Waals surface area contributed by atoms with Crippen molar-refractivity contribution in [2.75, 3.05) is 6.61 Å². The number of hydrogen-bond acceptors (Lipinski definition) is 5. The Hall–Kier alpha value is -2.15. The van der Waals surface area contributed by atoms with Crippen LogP contribution in [0, 0.1) is 10.1 Å². The fourth-order valence-corrected chi connectivity index (χ4v) is 3.23. The van der Waals surface area contributed by atoms with E-state index in [1.165, 1.54) is 12.1 Å². The molecule has 1 fully saturated rings. The number of esters is 1. The molecule has 130 valence electrons. The lowest BCUT2D eigenvalue weighted by molar-refractivity contribution is -0.384. The predicted molar refractivity (Wildman–Crippen MR) is 88.0 cm³/mol. The van der Waals surface area contributed by atoms with Crippen molar-refractivity contribution in [1.82, 2.24) is 4.90 Å². The Morgan fingerprint density at radius 1 is 1.33 bits per heavy atom. The Bertz CT molecular complexity index is 654. The van der Waals surface area contributed by atoms with Gasteiger partial charge >= 0.3 is 5.97 Å². The number of nitrogens with zero attached hydrogens (tertiary/aromatic N) is 2. The Labute approximate surface area is 144 Å². The standard InChI is InChI=1S/C16H19ClN2O5/c1-10-4-3-5-11(2)18(10)15(20)9-24-16(21)13-7-6-12(19(22)23)8-14(13)17/h6-8,10-11H,3-5,9H2,1-2H3/t10-,11+. The van der Waals surface area contributed by atoms with Gasteiger partial charge in [0.1, 0.15) is 0 Å². The lowest BCUT2D eigenvalue weighted by Crippen LogP contribution is -2.49. The second-order valence-corrected chi connectivity index (χ2v) is 6.33. The first kappa shape index (κ1) is 18.2. The highest BCUT2D eigenvalue weighted by atomic mass is 35.5. The third kappa shape index (κ3) is 4.03. The number of nitro groups is 1. The molecule has 7 nitrogen and oxygen atoms in total. The minimum absolute atomic E-state index is 0.00481. The Morgan fingerprint density at radius 3 is 2.50 bits per heavy atom. The fraction of sp³-hybridized carbons (Fsp3) is 0.500. The molecule has 0 radical (unpaired) electrons. The quantitative estimate of drug-likeness (QED) is 0.470. The second kappa shape index (κ2) is 7.61. The van der Waals surface area contributed by atoms with Crippen molar-refractivity contribution in [2.45, 2.75) is 45.2 Å². The molecule has 1 amide bonds. The number of carbonyl (C=O) groups is 2. The molecule has 0 spiro atoms. The van der Waals surface area contributed by atoms with Gasteiger partial charge in [-0.25, -0.2) is 4.79 Å². The summed E-state index contributed by atoms with van der Waals surface area (Å²) >= 11 is 5.88. The lowest BCUT2D eigenvalue weighted by atomic mass is 9.97. The van der Waals surface area contributed by atoms with Crippen molar-refractivity contribution in [1.29, 1.82) is 0 Å². The number of hydrogen-bond donors (Lipinski definition) is 0. The summed E-state index contributed by atoms with van der Waals surface area (Å²) in [6.45, 7) is 3.58. The van der Waals surface area contributed by atoms with Gasteiger partial charge in [-0.3, -0.25) is 14.9 Å². The van der Waals surface area contributed by atoms with Gasteiger partial charge in [0.05, 0.1) is 15.5 Å². The molecule has 0 bridgehead atoms. The summed E-state index contributed by atoms with van der Waals surface area (Å²) in [5.74, 6) is -1.03. The van der Waals surface area contributed by atoms with Crippen molar-refractivity contribution in [3.63, 3.8) is 0 Å². The van der Waals surface area contributed by atoms with Crippen LogP contribution < -0.4 is 0 Å². The van der Waals surface area contributed by atoms with E-state index in [0.717, 1.165) is 25.3 Å². The molecule has 1 aromatic rings. The lowest BCUT2D eigenvalue weighted by Gasteiger charge is -2.38. The van der Waals surface area contributed by atoms with E-state index in [0.29, 0.717) is 0 Å². The van der Waals surface area contributed by atoms with Crippen LogP contribution in [0.5, 0.6) is 0 Å². The SMILES string of the molecule is C[C@@H]1CCC[C@H](C)N1C(=O)COC(=O)c1ccc([N+](=O)[O-])cc1Cl. The minimum atomic E-state index is -0.777. The Balaban J connectivity index is 2.00. The number of amides is 1. The highest BCUT2D eigenvalue weighted by Crippen LogP contribution is 2.24. The molecular formula is C16H19ClN2O5. The molecule has 2 rings (SSSR count). The van der Waals surface area contributed by atoms with Crippen LogP contribution in [0.4, 0.5) is 5.69 Å². The number of piperidine rings is 1. The number of benzene rings is 1. The average Bonchev–Trinajstić information content (AvgIpc) is 2.52. The molecule has 0 saturated carbocycles. The maximum absolute atomic E-state index is 12.3. The number of nitro benzene ring substituents is 1. The molecule has 0 unspecified atom stereocenters. The first-order valence-corrected chi connectivity index (χ1v) is 8.11. The molecule has 2 atom stereocenters. The summed E-state index contributed by atoms with van der Waals surface area (Å²) < 4.78 is 5.04. The van der Waals surface area contributed by atoms with Crippen LogP contribution in [0.15, 0.2) is 18.2 Å². The molecule has 24 heavy (non-hydrogen) atoms. The highest BCUT2D eigenvalue weighted by molar-refractivity contribution is 6.33. The molecule has 8 heteroatoms. The largest absolute Gasteiger partial charge is 0.452 e. The van der Waals surface area contributed by atoms with E-state index in [4.69, 9.17) is 16.3 Å². The van der Waals surface area contributed by atoms with Crippen molar-refractivity contribution in [3.05, 3.63) is 38.9 Å².